The van der Waals surface area contributed by atoms with E-state index in [1.54, 1.807) is 18.2 Å². The SMILES string of the molecule is CCC(CO)NC(=O)c1c(N)cccc1Cl. The number of aliphatic hydroxyl groups excluding tert-OH is 1. The molecular weight excluding hydrogens is 228 g/mol. The highest BCUT2D eigenvalue weighted by atomic mass is 35.5. The maximum atomic E-state index is 11.8. The lowest BCUT2D eigenvalue weighted by Crippen LogP contribution is -2.37. The Morgan fingerprint density at radius 1 is 1.62 bits per heavy atom. The van der Waals surface area contributed by atoms with Crippen molar-refractivity contribution in [3.8, 4) is 0 Å². The van der Waals surface area contributed by atoms with Gasteiger partial charge in [0.25, 0.3) is 5.91 Å². The van der Waals surface area contributed by atoms with Crippen molar-refractivity contribution in [2.24, 2.45) is 0 Å². The zero-order valence-electron chi connectivity index (χ0n) is 9.03. The number of benzene rings is 1. The summed E-state index contributed by atoms with van der Waals surface area (Å²) in [6.45, 7) is 1.77. The van der Waals surface area contributed by atoms with Gasteiger partial charge in [0.15, 0.2) is 0 Å². The Labute approximate surface area is 99.4 Å². The fourth-order valence-electron chi connectivity index (χ4n) is 1.31. The van der Waals surface area contributed by atoms with E-state index in [0.29, 0.717) is 17.1 Å². The Morgan fingerprint density at radius 2 is 2.31 bits per heavy atom. The van der Waals surface area contributed by atoms with E-state index in [2.05, 4.69) is 5.32 Å². The van der Waals surface area contributed by atoms with Gasteiger partial charge in [-0.1, -0.05) is 24.6 Å². The summed E-state index contributed by atoms with van der Waals surface area (Å²) in [7, 11) is 0. The van der Waals surface area contributed by atoms with Gasteiger partial charge in [0.2, 0.25) is 0 Å². The van der Waals surface area contributed by atoms with Crippen LogP contribution in [0.5, 0.6) is 0 Å². The quantitative estimate of drug-likeness (QED) is 0.699. The summed E-state index contributed by atoms with van der Waals surface area (Å²) in [5, 5.41) is 12.0. The second-order valence-corrected chi connectivity index (χ2v) is 3.87. The number of aliphatic hydroxyl groups is 1. The van der Waals surface area contributed by atoms with E-state index in [-0.39, 0.29) is 24.1 Å². The van der Waals surface area contributed by atoms with Crippen LogP contribution in [-0.4, -0.2) is 23.7 Å². The number of anilines is 1. The van der Waals surface area contributed by atoms with Crippen LogP contribution in [0.1, 0.15) is 23.7 Å². The molecule has 1 aromatic carbocycles. The van der Waals surface area contributed by atoms with Crippen LogP contribution in [0.25, 0.3) is 0 Å². The van der Waals surface area contributed by atoms with Crippen molar-refractivity contribution in [1.29, 1.82) is 0 Å². The molecule has 0 aliphatic heterocycles. The molecule has 1 atom stereocenters. The van der Waals surface area contributed by atoms with Crippen molar-refractivity contribution in [2.75, 3.05) is 12.3 Å². The Morgan fingerprint density at radius 3 is 2.81 bits per heavy atom. The molecule has 0 spiro atoms. The number of hydrogen-bond acceptors (Lipinski definition) is 3. The van der Waals surface area contributed by atoms with Crippen LogP contribution >= 0.6 is 11.6 Å². The number of nitrogens with one attached hydrogen (secondary N) is 1. The first-order chi connectivity index (χ1) is 7.60. The van der Waals surface area contributed by atoms with Crippen molar-refractivity contribution < 1.29 is 9.90 Å². The summed E-state index contributed by atoms with van der Waals surface area (Å²) in [6.07, 6.45) is 0.645. The smallest absolute Gasteiger partial charge is 0.255 e. The van der Waals surface area contributed by atoms with Crippen molar-refractivity contribution >= 4 is 23.2 Å². The van der Waals surface area contributed by atoms with Crippen molar-refractivity contribution in [3.63, 3.8) is 0 Å². The van der Waals surface area contributed by atoms with Gasteiger partial charge in [-0.3, -0.25) is 4.79 Å². The fraction of sp³-hybridized carbons (Fsp3) is 0.364. The van der Waals surface area contributed by atoms with Crippen molar-refractivity contribution in [3.05, 3.63) is 28.8 Å². The van der Waals surface area contributed by atoms with Gasteiger partial charge in [0.1, 0.15) is 0 Å². The highest BCUT2D eigenvalue weighted by Crippen LogP contribution is 2.21. The molecule has 0 saturated carbocycles. The molecule has 4 N–H and O–H groups in total. The molecule has 5 heteroatoms. The van der Waals surface area contributed by atoms with Gasteiger partial charge in [-0.15, -0.1) is 0 Å². The molecule has 0 radical (unpaired) electrons. The van der Waals surface area contributed by atoms with E-state index in [9.17, 15) is 4.79 Å². The normalized spacial score (nSPS) is 12.2. The van der Waals surface area contributed by atoms with Crippen LogP contribution in [0.4, 0.5) is 5.69 Å². The second kappa shape index (κ2) is 5.72. The molecule has 0 saturated heterocycles. The van der Waals surface area contributed by atoms with Crippen LogP contribution in [0, 0.1) is 0 Å². The standard InChI is InChI=1S/C11H15ClN2O2/c1-2-7(6-15)14-11(16)10-8(12)4-3-5-9(10)13/h3-5,7,15H,2,6,13H2,1H3,(H,14,16). The largest absolute Gasteiger partial charge is 0.398 e. The Balaban J connectivity index is 2.88. The monoisotopic (exact) mass is 242 g/mol. The molecule has 16 heavy (non-hydrogen) atoms. The minimum absolute atomic E-state index is 0.105. The van der Waals surface area contributed by atoms with Gasteiger partial charge in [-0.25, -0.2) is 0 Å². The molecule has 0 aliphatic carbocycles. The van der Waals surface area contributed by atoms with Crippen LogP contribution in [0.2, 0.25) is 5.02 Å². The van der Waals surface area contributed by atoms with Crippen molar-refractivity contribution in [1.82, 2.24) is 5.32 Å². The van der Waals surface area contributed by atoms with E-state index in [1.165, 1.54) is 0 Å². The average Bonchev–Trinajstić information content (AvgIpc) is 2.25. The lowest BCUT2D eigenvalue weighted by atomic mass is 10.1. The van der Waals surface area contributed by atoms with Crippen LogP contribution in [0.15, 0.2) is 18.2 Å². The lowest BCUT2D eigenvalue weighted by Gasteiger charge is -2.15. The maximum absolute atomic E-state index is 11.8. The summed E-state index contributed by atoms with van der Waals surface area (Å²) in [5.74, 6) is -0.357. The Kier molecular flexibility index (Phi) is 4.58. The predicted molar refractivity (Wildman–Crippen MR) is 64.5 cm³/mol. The molecule has 1 rings (SSSR count). The summed E-state index contributed by atoms with van der Waals surface area (Å²) in [6, 6.07) is 4.62. The van der Waals surface area contributed by atoms with Gasteiger partial charge in [-0.05, 0) is 18.6 Å². The molecule has 4 nitrogen and oxygen atoms in total. The van der Waals surface area contributed by atoms with Gasteiger partial charge in [-0.2, -0.15) is 0 Å². The zero-order valence-corrected chi connectivity index (χ0v) is 9.79. The maximum Gasteiger partial charge on any atom is 0.255 e. The first-order valence-corrected chi connectivity index (χ1v) is 5.43. The van der Waals surface area contributed by atoms with E-state index < -0.39 is 0 Å². The van der Waals surface area contributed by atoms with Crippen LogP contribution in [0.3, 0.4) is 0 Å². The molecule has 0 heterocycles. The molecule has 1 aromatic rings. The number of carbonyl (C=O) groups is 1. The molecule has 0 bridgehead atoms. The molecule has 88 valence electrons. The second-order valence-electron chi connectivity index (χ2n) is 3.47. The fourth-order valence-corrected chi connectivity index (χ4v) is 1.58. The summed E-state index contributed by atoms with van der Waals surface area (Å²) in [5.41, 5.74) is 6.26. The van der Waals surface area contributed by atoms with Gasteiger partial charge in [0.05, 0.1) is 23.2 Å². The third kappa shape index (κ3) is 2.87. The minimum Gasteiger partial charge on any atom is -0.398 e. The number of nitrogens with two attached hydrogens (primary N) is 1. The minimum atomic E-state index is -0.357. The van der Waals surface area contributed by atoms with Gasteiger partial charge in [0, 0.05) is 5.69 Å². The van der Waals surface area contributed by atoms with Gasteiger partial charge < -0.3 is 16.2 Å². The number of rotatable bonds is 4. The Bertz CT molecular complexity index is 358. The summed E-state index contributed by atoms with van der Waals surface area (Å²) in [4.78, 5) is 11.8. The van der Waals surface area contributed by atoms with Gasteiger partial charge >= 0.3 is 0 Å². The molecule has 0 aliphatic rings. The van der Waals surface area contributed by atoms with Crippen molar-refractivity contribution in [2.45, 2.75) is 19.4 Å². The number of hydrogen-bond donors (Lipinski definition) is 3. The summed E-state index contributed by atoms with van der Waals surface area (Å²) < 4.78 is 0. The van der Waals surface area contributed by atoms with E-state index in [1.807, 2.05) is 6.92 Å². The van der Waals surface area contributed by atoms with E-state index >= 15 is 0 Å². The first kappa shape index (κ1) is 12.8. The highest BCUT2D eigenvalue weighted by molar-refractivity contribution is 6.34. The molecule has 0 fully saturated rings. The molecule has 1 amide bonds. The molecule has 0 aromatic heterocycles. The average molecular weight is 243 g/mol. The van der Waals surface area contributed by atoms with E-state index in [4.69, 9.17) is 22.4 Å². The number of nitrogen functional groups attached to an aromatic ring is 1. The summed E-state index contributed by atoms with van der Waals surface area (Å²) >= 11 is 5.89. The molecular formula is C11H15ClN2O2. The zero-order chi connectivity index (χ0) is 12.1. The lowest BCUT2D eigenvalue weighted by molar-refractivity contribution is 0.0916. The number of halogens is 1. The number of amides is 1. The highest BCUT2D eigenvalue weighted by Gasteiger charge is 2.16. The first-order valence-electron chi connectivity index (χ1n) is 5.05. The van der Waals surface area contributed by atoms with Crippen LogP contribution in [-0.2, 0) is 0 Å². The Hall–Kier alpha value is -1.26. The van der Waals surface area contributed by atoms with E-state index in [0.717, 1.165) is 0 Å². The third-order valence-corrected chi connectivity index (χ3v) is 2.64. The van der Waals surface area contributed by atoms with Crippen LogP contribution < -0.4 is 11.1 Å². The number of carbonyl (C=O) groups excluding carboxylic acids is 1. The third-order valence-electron chi connectivity index (χ3n) is 2.32. The molecule has 1 unspecified atom stereocenters. The topological polar surface area (TPSA) is 75.3 Å². The predicted octanol–water partition coefficient (Wildman–Crippen LogP) is 1.42.